The van der Waals surface area contributed by atoms with E-state index < -0.39 is 11.4 Å². The van der Waals surface area contributed by atoms with Crippen molar-refractivity contribution < 1.29 is 4.39 Å². The summed E-state index contributed by atoms with van der Waals surface area (Å²) in [4.78, 5) is 15.2. The molecule has 0 amide bonds. The van der Waals surface area contributed by atoms with Crippen LogP contribution in [0.5, 0.6) is 0 Å². The highest BCUT2D eigenvalue weighted by atomic mass is 19.1. The van der Waals surface area contributed by atoms with Crippen molar-refractivity contribution in [2.45, 2.75) is 0 Å². The second kappa shape index (κ2) is 3.41. The molecule has 4 heteroatoms. The zero-order valence-corrected chi connectivity index (χ0v) is 7.22. The summed E-state index contributed by atoms with van der Waals surface area (Å²) in [5.74, 6) is -0.767. The maximum atomic E-state index is 12.9. The maximum absolute atomic E-state index is 12.9. The van der Waals surface area contributed by atoms with E-state index in [2.05, 4.69) is 4.98 Å². The molecule has 0 spiro atoms. The van der Waals surface area contributed by atoms with Crippen LogP contribution in [0.4, 0.5) is 4.39 Å². The summed E-state index contributed by atoms with van der Waals surface area (Å²) in [5, 5.41) is 0. The highest BCUT2D eigenvalue weighted by Gasteiger charge is 2.02. The quantitative estimate of drug-likeness (QED) is 0.680. The van der Waals surface area contributed by atoms with E-state index in [1.54, 1.807) is 18.3 Å². The third kappa shape index (κ3) is 1.42. The number of aromatic nitrogens is 2. The molecule has 0 saturated heterocycles. The topological polar surface area (TPSA) is 34.9 Å². The van der Waals surface area contributed by atoms with Gasteiger partial charge in [-0.25, -0.2) is 4.39 Å². The third-order valence-corrected chi connectivity index (χ3v) is 1.82. The minimum absolute atomic E-state index is 0.553. The van der Waals surface area contributed by atoms with Gasteiger partial charge in [-0.05, 0) is 24.3 Å². The number of halogens is 1. The van der Waals surface area contributed by atoms with Crippen molar-refractivity contribution >= 4 is 0 Å². The van der Waals surface area contributed by atoms with E-state index in [1.807, 2.05) is 0 Å². The zero-order chi connectivity index (χ0) is 9.97. The largest absolute Gasteiger partial charge is 0.291 e. The van der Waals surface area contributed by atoms with Gasteiger partial charge < -0.3 is 0 Å². The number of nitrogens with zero attached hydrogens (tertiary/aromatic N) is 2. The molecule has 2 heterocycles. The lowest BCUT2D eigenvalue weighted by Crippen LogP contribution is -2.20. The molecule has 2 rings (SSSR count). The lowest BCUT2D eigenvalue weighted by molar-refractivity contribution is 0.599. The molecule has 14 heavy (non-hydrogen) atoms. The summed E-state index contributed by atoms with van der Waals surface area (Å²) >= 11 is 0. The molecule has 0 aromatic carbocycles. The van der Waals surface area contributed by atoms with Crippen molar-refractivity contribution in [2.75, 3.05) is 0 Å². The average Bonchev–Trinajstić information content (AvgIpc) is 2.23. The Bertz CT molecular complexity index is 493. The lowest BCUT2D eigenvalue weighted by atomic mass is 10.4. The Balaban J connectivity index is 2.64. The Hall–Kier alpha value is -1.97. The van der Waals surface area contributed by atoms with Gasteiger partial charge in [0.15, 0.2) is 5.82 Å². The van der Waals surface area contributed by atoms with Gasteiger partial charge in [0.1, 0.15) is 0 Å². The van der Waals surface area contributed by atoms with Crippen LogP contribution in [-0.4, -0.2) is 9.55 Å². The van der Waals surface area contributed by atoms with Gasteiger partial charge in [0.05, 0.1) is 11.9 Å². The van der Waals surface area contributed by atoms with E-state index >= 15 is 0 Å². The zero-order valence-electron chi connectivity index (χ0n) is 7.22. The molecule has 2 aromatic rings. The van der Waals surface area contributed by atoms with Crippen LogP contribution in [0.3, 0.4) is 0 Å². The Morgan fingerprint density at radius 2 is 2.14 bits per heavy atom. The molecular formula is C10H7FN2O. The first-order chi connectivity index (χ1) is 6.79. The van der Waals surface area contributed by atoms with Gasteiger partial charge in [-0.3, -0.25) is 14.3 Å². The Kier molecular flexibility index (Phi) is 2.10. The summed E-state index contributed by atoms with van der Waals surface area (Å²) in [6.07, 6.45) is 4.59. The van der Waals surface area contributed by atoms with Crippen molar-refractivity contribution in [1.82, 2.24) is 9.55 Å². The van der Waals surface area contributed by atoms with Crippen molar-refractivity contribution in [1.29, 1.82) is 0 Å². The van der Waals surface area contributed by atoms with E-state index in [4.69, 9.17) is 0 Å². The fraction of sp³-hybridized carbons (Fsp3) is 0. The van der Waals surface area contributed by atoms with Crippen LogP contribution >= 0.6 is 0 Å². The van der Waals surface area contributed by atoms with Crippen LogP contribution in [0.1, 0.15) is 0 Å². The first-order valence-corrected chi connectivity index (χ1v) is 4.06. The summed E-state index contributed by atoms with van der Waals surface area (Å²) in [6, 6.07) is 5.99. The number of hydrogen-bond acceptors (Lipinski definition) is 2. The van der Waals surface area contributed by atoms with Gasteiger partial charge in [0.2, 0.25) is 0 Å². The molecule has 0 N–H and O–H groups in total. The van der Waals surface area contributed by atoms with Crippen LogP contribution in [0.2, 0.25) is 0 Å². The van der Waals surface area contributed by atoms with Gasteiger partial charge in [-0.2, -0.15) is 0 Å². The van der Waals surface area contributed by atoms with Crippen LogP contribution < -0.4 is 5.56 Å². The minimum Gasteiger partial charge on any atom is -0.280 e. The third-order valence-electron chi connectivity index (χ3n) is 1.82. The molecule has 0 unspecified atom stereocenters. The fourth-order valence-corrected chi connectivity index (χ4v) is 1.17. The summed E-state index contributed by atoms with van der Waals surface area (Å²) in [5.41, 5.74) is -0.113. The molecule has 0 aliphatic heterocycles. The predicted octanol–water partition coefficient (Wildman–Crippen LogP) is 1.37. The second-order valence-electron chi connectivity index (χ2n) is 2.74. The van der Waals surface area contributed by atoms with E-state index in [-0.39, 0.29) is 0 Å². The monoisotopic (exact) mass is 190 g/mol. The van der Waals surface area contributed by atoms with Crippen LogP contribution in [0.15, 0.2) is 47.7 Å². The molecule has 3 nitrogen and oxygen atoms in total. The molecule has 0 aliphatic rings. The molecule has 70 valence electrons. The summed E-state index contributed by atoms with van der Waals surface area (Å²) in [7, 11) is 0. The average molecular weight is 190 g/mol. The van der Waals surface area contributed by atoms with Gasteiger partial charge >= 0.3 is 0 Å². The molecule has 0 saturated carbocycles. The molecule has 0 aliphatic carbocycles. The normalized spacial score (nSPS) is 10.1. The van der Waals surface area contributed by atoms with Gasteiger partial charge in [0, 0.05) is 12.4 Å². The van der Waals surface area contributed by atoms with Crippen molar-refractivity contribution in [2.24, 2.45) is 0 Å². The van der Waals surface area contributed by atoms with Gasteiger partial charge in [-0.1, -0.05) is 0 Å². The van der Waals surface area contributed by atoms with Crippen LogP contribution in [0, 0.1) is 5.82 Å². The molecule has 0 fully saturated rings. The van der Waals surface area contributed by atoms with Crippen molar-refractivity contribution in [3.8, 4) is 5.69 Å². The smallest absolute Gasteiger partial charge is 0.280 e. The van der Waals surface area contributed by atoms with E-state index in [9.17, 15) is 9.18 Å². The van der Waals surface area contributed by atoms with Gasteiger partial charge in [-0.15, -0.1) is 0 Å². The number of hydrogen-bond donors (Lipinski definition) is 0. The van der Waals surface area contributed by atoms with E-state index in [0.717, 1.165) is 6.07 Å². The first kappa shape index (κ1) is 8.62. The summed E-state index contributed by atoms with van der Waals surface area (Å²) < 4.78 is 14.1. The minimum atomic E-state index is -0.767. The van der Waals surface area contributed by atoms with Crippen LogP contribution in [0.25, 0.3) is 5.69 Å². The lowest BCUT2D eigenvalue weighted by Gasteiger charge is -2.03. The number of pyridine rings is 2. The standard InChI is InChI=1S/C10H7FN2O/c11-9-4-2-6-13(10(9)14)8-3-1-5-12-7-8/h1-7H. The molecule has 0 radical (unpaired) electrons. The summed E-state index contributed by atoms with van der Waals surface area (Å²) in [6.45, 7) is 0. The van der Waals surface area contributed by atoms with Crippen molar-refractivity contribution in [3.63, 3.8) is 0 Å². The molecule has 0 bridgehead atoms. The van der Waals surface area contributed by atoms with Crippen LogP contribution in [-0.2, 0) is 0 Å². The first-order valence-electron chi connectivity index (χ1n) is 4.06. The second-order valence-corrected chi connectivity index (χ2v) is 2.74. The Labute approximate surface area is 79.5 Å². The number of rotatable bonds is 1. The van der Waals surface area contributed by atoms with Crippen molar-refractivity contribution in [3.05, 3.63) is 59.0 Å². The van der Waals surface area contributed by atoms with E-state index in [0.29, 0.717) is 5.69 Å². The SMILES string of the molecule is O=c1c(F)cccn1-c1cccnc1. The maximum Gasteiger partial charge on any atom is 0.291 e. The Morgan fingerprint density at radius 1 is 1.29 bits per heavy atom. The molecular weight excluding hydrogens is 183 g/mol. The molecule has 0 atom stereocenters. The predicted molar refractivity (Wildman–Crippen MR) is 49.8 cm³/mol. The molecule has 2 aromatic heterocycles. The van der Waals surface area contributed by atoms with E-state index in [1.165, 1.54) is 23.0 Å². The Morgan fingerprint density at radius 3 is 2.86 bits per heavy atom. The highest BCUT2D eigenvalue weighted by Crippen LogP contribution is 2.01. The highest BCUT2D eigenvalue weighted by molar-refractivity contribution is 5.28. The fourth-order valence-electron chi connectivity index (χ4n) is 1.17. The van der Waals surface area contributed by atoms with Gasteiger partial charge in [0.25, 0.3) is 5.56 Å².